The predicted molar refractivity (Wildman–Crippen MR) is 65.5 cm³/mol. The zero-order valence-electron chi connectivity index (χ0n) is 9.59. The second-order valence-electron chi connectivity index (χ2n) is 5.09. The quantitative estimate of drug-likeness (QED) is 0.842. The van der Waals surface area contributed by atoms with E-state index in [9.17, 15) is 4.79 Å². The molecule has 2 rings (SSSR count). The number of carbonyl (C=O) groups excluding carboxylic acids is 1. The average Bonchev–Trinajstić information content (AvgIpc) is 2.44. The van der Waals surface area contributed by atoms with Crippen LogP contribution in [0.5, 0.6) is 0 Å². The number of halogens is 1. The van der Waals surface area contributed by atoms with Crippen molar-refractivity contribution in [2.45, 2.75) is 32.7 Å². The van der Waals surface area contributed by atoms with Crippen LogP contribution in [0, 0.1) is 5.41 Å². The van der Waals surface area contributed by atoms with Gasteiger partial charge in [-0.15, -0.1) is 0 Å². The van der Waals surface area contributed by atoms with Gasteiger partial charge in [-0.3, -0.25) is 4.79 Å². The van der Waals surface area contributed by atoms with E-state index in [1.54, 1.807) is 0 Å². The molecule has 0 spiro atoms. The first kappa shape index (κ1) is 11.5. The van der Waals surface area contributed by atoms with Gasteiger partial charge < -0.3 is 5.32 Å². The Kier molecular flexibility index (Phi) is 2.94. The molecular weight excluding hydrogens is 222 g/mol. The van der Waals surface area contributed by atoms with E-state index in [1.165, 1.54) is 5.56 Å². The van der Waals surface area contributed by atoms with Crippen molar-refractivity contribution in [1.82, 2.24) is 5.32 Å². The van der Waals surface area contributed by atoms with Crippen molar-refractivity contribution in [3.8, 4) is 0 Å². The van der Waals surface area contributed by atoms with Crippen molar-refractivity contribution in [2.75, 3.05) is 0 Å². The topological polar surface area (TPSA) is 29.1 Å². The Labute approximate surface area is 101 Å². The minimum absolute atomic E-state index is 0.159. The molecule has 0 saturated carbocycles. The van der Waals surface area contributed by atoms with Crippen LogP contribution < -0.4 is 5.32 Å². The number of hydrogen-bond acceptors (Lipinski definition) is 1. The van der Waals surface area contributed by atoms with Gasteiger partial charge in [-0.25, -0.2) is 0 Å². The minimum Gasteiger partial charge on any atom is -0.353 e. The lowest BCUT2D eigenvalue weighted by molar-refractivity contribution is -0.126. The molecule has 0 bridgehead atoms. The third kappa shape index (κ3) is 2.38. The van der Waals surface area contributed by atoms with E-state index in [-0.39, 0.29) is 17.4 Å². The first-order valence-corrected chi connectivity index (χ1v) is 5.90. The molecule has 1 aliphatic rings. The molecule has 0 radical (unpaired) electrons. The second kappa shape index (κ2) is 4.10. The molecule has 1 N–H and O–H groups in total. The van der Waals surface area contributed by atoms with Gasteiger partial charge in [-0.2, -0.15) is 0 Å². The van der Waals surface area contributed by atoms with E-state index in [0.717, 1.165) is 17.9 Å². The molecule has 1 fully saturated rings. The summed E-state index contributed by atoms with van der Waals surface area (Å²) in [6.45, 7) is 3.98. The van der Waals surface area contributed by atoms with E-state index in [2.05, 4.69) is 5.32 Å². The Morgan fingerprint density at radius 3 is 2.50 bits per heavy atom. The predicted octanol–water partition coefficient (Wildman–Crippen LogP) is 2.80. The van der Waals surface area contributed by atoms with Crippen LogP contribution in [-0.4, -0.2) is 11.9 Å². The van der Waals surface area contributed by atoms with Gasteiger partial charge in [-0.05, 0) is 30.5 Å². The molecule has 0 aliphatic carbocycles. The Morgan fingerprint density at radius 2 is 2.00 bits per heavy atom. The molecule has 1 aromatic rings. The van der Waals surface area contributed by atoms with Crippen LogP contribution in [-0.2, 0) is 11.2 Å². The largest absolute Gasteiger partial charge is 0.353 e. The fraction of sp³-hybridized carbons (Fsp3) is 0.462. The zero-order chi connectivity index (χ0) is 11.8. The van der Waals surface area contributed by atoms with Crippen molar-refractivity contribution >= 4 is 17.5 Å². The van der Waals surface area contributed by atoms with Gasteiger partial charge in [-0.1, -0.05) is 37.6 Å². The summed E-state index contributed by atoms with van der Waals surface area (Å²) in [4.78, 5) is 11.6. The Balaban J connectivity index is 2.02. The summed E-state index contributed by atoms with van der Waals surface area (Å²) in [5.41, 5.74) is 0.990. The lowest BCUT2D eigenvalue weighted by Gasteiger charge is -2.12. The van der Waals surface area contributed by atoms with Gasteiger partial charge in [0.25, 0.3) is 0 Å². The number of carbonyl (C=O) groups is 1. The monoisotopic (exact) mass is 237 g/mol. The van der Waals surface area contributed by atoms with Crippen molar-refractivity contribution in [3.05, 3.63) is 34.9 Å². The SMILES string of the molecule is CC1(C)CC(Cc2ccc(Cl)cc2)NC1=O. The van der Waals surface area contributed by atoms with Crippen LogP contribution >= 0.6 is 11.6 Å². The molecule has 3 heteroatoms. The van der Waals surface area contributed by atoms with Crippen molar-refractivity contribution < 1.29 is 4.79 Å². The first-order chi connectivity index (χ1) is 7.47. The van der Waals surface area contributed by atoms with Crippen LogP contribution in [0.1, 0.15) is 25.8 Å². The van der Waals surface area contributed by atoms with E-state index in [1.807, 2.05) is 38.1 Å². The van der Waals surface area contributed by atoms with Crippen LogP contribution in [0.4, 0.5) is 0 Å². The summed E-state index contributed by atoms with van der Waals surface area (Å²) in [5, 5.41) is 3.78. The highest BCUT2D eigenvalue weighted by Gasteiger charge is 2.38. The molecule has 0 aromatic heterocycles. The highest BCUT2D eigenvalue weighted by molar-refractivity contribution is 6.30. The van der Waals surface area contributed by atoms with Crippen LogP contribution in [0.2, 0.25) is 5.02 Å². The maximum absolute atomic E-state index is 11.6. The maximum atomic E-state index is 11.6. The molecule has 1 aromatic carbocycles. The third-order valence-corrected chi connectivity index (χ3v) is 3.35. The van der Waals surface area contributed by atoms with Crippen molar-refractivity contribution in [3.63, 3.8) is 0 Å². The van der Waals surface area contributed by atoms with Crippen LogP contribution in [0.15, 0.2) is 24.3 Å². The standard InChI is InChI=1S/C13H16ClNO/c1-13(2)8-11(15-12(13)16)7-9-3-5-10(14)6-4-9/h3-6,11H,7-8H2,1-2H3,(H,15,16). The molecule has 1 atom stereocenters. The summed E-state index contributed by atoms with van der Waals surface area (Å²) in [6, 6.07) is 8.06. The van der Waals surface area contributed by atoms with Crippen LogP contribution in [0.25, 0.3) is 0 Å². The number of amides is 1. The van der Waals surface area contributed by atoms with Gasteiger partial charge in [0.05, 0.1) is 0 Å². The van der Waals surface area contributed by atoms with Gasteiger partial charge in [0.15, 0.2) is 0 Å². The smallest absolute Gasteiger partial charge is 0.225 e. The van der Waals surface area contributed by atoms with E-state index >= 15 is 0 Å². The van der Waals surface area contributed by atoms with Gasteiger partial charge in [0.2, 0.25) is 5.91 Å². The lowest BCUT2D eigenvalue weighted by Crippen LogP contribution is -2.29. The number of benzene rings is 1. The molecule has 16 heavy (non-hydrogen) atoms. The van der Waals surface area contributed by atoms with Gasteiger partial charge in [0, 0.05) is 16.5 Å². The molecule has 2 nitrogen and oxygen atoms in total. The summed E-state index contributed by atoms with van der Waals surface area (Å²) in [6.07, 6.45) is 1.78. The molecule has 1 aliphatic heterocycles. The summed E-state index contributed by atoms with van der Waals surface area (Å²) in [7, 11) is 0. The lowest BCUT2D eigenvalue weighted by atomic mass is 9.88. The van der Waals surface area contributed by atoms with E-state index in [0.29, 0.717) is 0 Å². The zero-order valence-corrected chi connectivity index (χ0v) is 10.3. The normalized spacial score (nSPS) is 23.2. The maximum Gasteiger partial charge on any atom is 0.225 e. The fourth-order valence-corrected chi connectivity index (χ4v) is 2.29. The molecule has 1 heterocycles. The van der Waals surface area contributed by atoms with Crippen molar-refractivity contribution in [2.24, 2.45) is 5.41 Å². The summed E-state index contributed by atoms with van der Waals surface area (Å²) in [5.74, 6) is 0.159. The minimum atomic E-state index is -0.225. The number of rotatable bonds is 2. The summed E-state index contributed by atoms with van der Waals surface area (Å²) < 4.78 is 0. The Bertz CT molecular complexity index is 397. The van der Waals surface area contributed by atoms with Crippen molar-refractivity contribution in [1.29, 1.82) is 0 Å². The molecular formula is C13H16ClNO. The fourth-order valence-electron chi connectivity index (χ4n) is 2.17. The van der Waals surface area contributed by atoms with E-state index in [4.69, 9.17) is 11.6 Å². The third-order valence-electron chi connectivity index (χ3n) is 3.10. The molecule has 1 unspecified atom stereocenters. The molecule has 1 saturated heterocycles. The van der Waals surface area contributed by atoms with Gasteiger partial charge in [0.1, 0.15) is 0 Å². The highest BCUT2D eigenvalue weighted by atomic mass is 35.5. The van der Waals surface area contributed by atoms with E-state index < -0.39 is 0 Å². The Morgan fingerprint density at radius 1 is 1.38 bits per heavy atom. The second-order valence-corrected chi connectivity index (χ2v) is 5.53. The average molecular weight is 238 g/mol. The number of hydrogen-bond donors (Lipinski definition) is 1. The first-order valence-electron chi connectivity index (χ1n) is 5.53. The summed E-state index contributed by atoms with van der Waals surface area (Å²) >= 11 is 5.83. The number of nitrogens with one attached hydrogen (secondary N) is 1. The molecule has 1 amide bonds. The molecule has 86 valence electrons. The van der Waals surface area contributed by atoms with Crippen LogP contribution in [0.3, 0.4) is 0 Å². The Hall–Kier alpha value is -1.02. The van der Waals surface area contributed by atoms with Gasteiger partial charge >= 0.3 is 0 Å². The highest BCUT2D eigenvalue weighted by Crippen LogP contribution is 2.30.